The summed E-state index contributed by atoms with van der Waals surface area (Å²) in [6.07, 6.45) is 2.86. The average Bonchev–Trinajstić information content (AvgIpc) is 3.26. The summed E-state index contributed by atoms with van der Waals surface area (Å²) >= 11 is 4.10. The second kappa shape index (κ2) is 6.20. The van der Waals surface area contributed by atoms with Crippen LogP contribution in [0.3, 0.4) is 0 Å². The second-order valence-electron chi connectivity index (χ2n) is 5.83. The van der Waals surface area contributed by atoms with Gasteiger partial charge < -0.3 is 10.5 Å². The lowest BCUT2D eigenvalue weighted by molar-refractivity contribution is 0.303. The number of nitrogens with two attached hydrogens (primary N) is 1. The first-order chi connectivity index (χ1) is 9.63. The molecule has 110 valence electrons. The lowest BCUT2D eigenvalue weighted by atomic mass is 10.1. The second-order valence-corrected chi connectivity index (χ2v) is 8.86. The standard InChI is InChI=1S/C16H23NOS2/c1-10-11(2)20-15(9-19-10)16(17)12-3-5-13(6-4-12)18-14-7-8-14/h3-6,10-11,14-16H,7-9,17H2,1-2H3. The molecule has 2 nitrogen and oxygen atoms in total. The minimum atomic E-state index is 0.123. The molecule has 0 radical (unpaired) electrons. The zero-order valence-electron chi connectivity index (χ0n) is 12.1. The predicted molar refractivity (Wildman–Crippen MR) is 89.8 cm³/mol. The molecule has 1 aliphatic heterocycles. The Hall–Kier alpha value is -0.320. The minimum Gasteiger partial charge on any atom is -0.490 e. The van der Waals surface area contributed by atoms with Crippen LogP contribution in [-0.4, -0.2) is 27.6 Å². The van der Waals surface area contributed by atoms with Crippen molar-refractivity contribution in [2.24, 2.45) is 5.73 Å². The molecule has 4 heteroatoms. The van der Waals surface area contributed by atoms with Crippen molar-refractivity contribution >= 4 is 23.5 Å². The molecule has 2 fully saturated rings. The molecule has 2 aliphatic rings. The van der Waals surface area contributed by atoms with E-state index in [4.69, 9.17) is 10.5 Å². The van der Waals surface area contributed by atoms with Gasteiger partial charge in [0.1, 0.15) is 5.75 Å². The first-order valence-electron chi connectivity index (χ1n) is 7.43. The highest BCUT2D eigenvalue weighted by atomic mass is 32.2. The molecule has 1 heterocycles. The molecule has 1 saturated heterocycles. The molecular formula is C16H23NOS2. The van der Waals surface area contributed by atoms with E-state index in [9.17, 15) is 0 Å². The van der Waals surface area contributed by atoms with Crippen molar-refractivity contribution in [3.8, 4) is 5.75 Å². The van der Waals surface area contributed by atoms with E-state index in [0.717, 1.165) is 16.8 Å². The van der Waals surface area contributed by atoms with Crippen molar-refractivity contribution in [2.45, 2.75) is 54.6 Å². The van der Waals surface area contributed by atoms with E-state index in [1.54, 1.807) is 0 Å². The summed E-state index contributed by atoms with van der Waals surface area (Å²) in [6, 6.07) is 8.53. The van der Waals surface area contributed by atoms with Crippen LogP contribution in [0, 0.1) is 0 Å². The van der Waals surface area contributed by atoms with E-state index in [1.807, 2.05) is 11.8 Å². The summed E-state index contributed by atoms with van der Waals surface area (Å²) in [5.74, 6) is 2.13. The first-order valence-corrected chi connectivity index (χ1v) is 9.42. The Bertz CT molecular complexity index is 446. The van der Waals surface area contributed by atoms with Crippen molar-refractivity contribution < 1.29 is 4.74 Å². The fraction of sp³-hybridized carbons (Fsp3) is 0.625. The zero-order chi connectivity index (χ0) is 14.1. The van der Waals surface area contributed by atoms with Gasteiger partial charge in [-0.3, -0.25) is 0 Å². The van der Waals surface area contributed by atoms with Crippen LogP contribution in [0.5, 0.6) is 5.75 Å². The van der Waals surface area contributed by atoms with Crippen LogP contribution >= 0.6 is 23.5 Å². The number of rotatable bonds is 4. The quantitative estimate of drug-likeness (QED) is 0.916. The van der Waals surface area contributed by atoms with Crippen LogP contribution in [0.1, 0.15) is 38.3 Å². The van der Waals surface area contributed by atoms with Gasteiger partial charge in [0.2, 0.25) is 0 Å². The summed E-state index contributed by atoms with van der Waals surface area (Å²) in [7, 11) is 0. The Balaban J connectivity index is 1.62. The molecule has 0 amide bonds. The number of thioether (sulfide) groups is 2. The topological polar surface area (TPSA) is 35.2 Å². The van der Waals surface area contributed by atoms with E-state index in [-0.39, 0.29) is 6.04 Å². The molecule has 20 heavy (non-hydrogen) atoms. The third kappa shape index (κ3) is 3.46. The Morgan fingerprint density at radius 2 is 1.85 bits per heavy atom. The zero-order valence-corrected chi connectivity index (χ0v) is 13.8. The summed E-state index contributed by atoms with van der Waals surface area (Å²) in [4.78, 5) is 0. The minimum absolute atomic E-state index is 0.123. The maximum Gasteiger partial charge on any atom is 0.119 e. The Morgan fingerprint density at radius 1 is 1.15 bits per heavy atom. The third-order valence-corrected chi connectivity index (χ3v) is 7.58. The highest BCUT2D eigenvalue weighted by Gasteiger charge is 2.30. The molecule has 4 atom stereocenters. The Labute approximate surface area is 130 Å². The van der Waals surface area contributed by atoms with Gasteiger partial charge in [-0.2, -0.15) is 23.5 Å². The van der Waals surface area contributed by atoms with Crippen LogP contribution < -0.4 is 10.5 Å². The van der Waals surface area contributed by atoms with Gasteiger partial charge in [-0.15, -0.1) is 0 Å². The number of benzene rings is 1. The molecule has 0 bridgehead atoms. The normalized spacial score (nSPS) is 31.9. The van der Waals surface area contributed by atoms with Crippen molar-refractivity contribution in [2.75, 3.05) is 5.75 Å². The SMILES string of the molecule is CC1SCC(C(N)c2ccc(OC3CC3)cc2)SC1C. The van der Waals surface area contributed by atoms with E-state index < -0.39 is 0 Å². The van der Waals surface area contributed by atoms with Crippen molar-refractivity contribution in [3.05, 3.63) is 29.8 Å². The molecule has 1 aromatic carbocycles. The lowest BCUT2D eigenvalue weighted by Crippen LogP contribution is -2.34. The van der Waals surface area contributed by atoms with Crippen molar-refractivity contribution in [1.82, 2.24) is 0 Å². The van der Waals surface area contributed by atoms with E-state index >= 15 is 0 Å². The molecule has 1 aliphatic carbocycles. The molecule has 3 rings (SSSR count). The highest BCUT2D eigenvalue weighted by Crippen LogP contribution is 2.40. The summed E-state index contributed by atoms with van der Waals surface area (Å²) in [6.45, 7) is 4.63. The first kappa shape index (κ1) is 14.6. The van der Waals surface area contributed by atoms with Crippen LogP contribution in [0.2, 0.25) is 0 Å². The molecule has 0 aromatic heterocycles. The van der Waals surface area contributed by atoms with Crippen molar-refractivity contribution in [3.63, 3.8) is 0 Å². The van der Waals surface area contributed by atoms with E-state index in [1.165, 1.54) is 18.4 Å². The van der Waals surface area contributed by atoms with Crippen LogP contribution in [0.15, 0.2) is 24.3 Å². The number of ether oxygens (including phenoxy) is 1. The van der Waals surface area contributed by atoms with Crippen LogP contribution in [0.25, 0.3) is 0 Å². The van der Waals surface area contributed by atoms with E-state index in [0.29, 0.717) is 16.6 Å². The van der Waals surface area contributed by atoms with E-state index in [2.05, 4.69) is 49.9 Å². The van der Waals surface area contributed by atoms with Gasteiger partial charge in [0.15, 0.2) is 0 Å². The molecule has 2 N–H and O–H groups in total. The Morgan fingerprint density at radius 3 is 2.45 bits per heavy atom. The fourth-order valence-corrected chi connectivity index (χ4v) is 5.41. The lowest BCUT2D eigenvalue weighted by Gasteiger charge is -2.34. The van der Waals surface area contributed by atoms with Gasteiger partial charge >= 0.3 is 0 Å². The number of hydrogen-bond acceptors (Lipinski definition) is 4. The molecule has 1 saturated carbocycles. The van der Waals surface area contributed by atoms with Gasteiger partial charge in [-0.25, -0.2) is 0 Å². The van der Waals surface area contributed by atoms with Gasteiger partial charge in [-0.1, -0.05) is 26.0 Å². The summed E-state index contributed by atoms with van der Waals surface area (Å²) < 4.78 is 5.79. The van der Waals surface area contributed by atoms with Gasteiger partial charge in [0.05, 0.1) is 6.10 Å². The van der Waals surface area contributed by atoms with Gasteiger partial charge in [0, 0.05) is 27.5 Å². The van der Waals surface area contributed by atoms with Gasteiger partial charge in [0.25, 0.3) is 0 Å². The maximum absolute atomic E-state index is 6.47. The monoisotopic (exact) mass is 309 g/mol. The molecular weight excluding hydrogens is 286 g/mol. The highest BCUT2D eigenvalue weighted by molar-refractivity contribution is 8.07. The predicted octanol–water partition coefficient (Wildman–Crippen LogP) is 3.85. The van der Waals surface area contributed by atoms with Crippen LogP contribution in [-0.2, 0) is 0 Å². The molecule has 4 unspecified atom stereocenters. The third-order valence-electron chi connectivity index (χ3n) is 4.07. The van der Waals surface area contributed by atoms with Gasteiger partial charge in [-0.05, 0) is 30.5 Å². The molecule has 0 spiro atoms. The maximum atomic E-state index is 6.47. The fourth-order valence-electron chi connectivity index (χ4n) is 2.36. The van der Waals surface area contributed by atoms with Crippen molar-refractivity contribution in [1.29, 1.82) is 0 Å². The molecule has 1 aromatic rings. The Kier molecular flexibility index (Phi) is 4.53. The van der Waals surface area contributed by atoms with Crippen LogP contribution in [0.4, 0.5) is 0 Å². The summed E-state index contributed by atoms with van der Waals surface area (Å²) in [5.41, 5.74) is 7.70. The largest absolute Gasteiger partial charge is 0.490 e. The number of hydrogen-bond donors (Lipinski definition) is 1. The average molecular weight is 310 g/mol. The smallest absolute Gasteiger partial charge is 0.119 e. The summed E-state index contributed by atoms with van der Waals surface area (Å²) in [5, 5.41) is 1.93.